The molecule has 1 aliphatic carbocycles. The van der Waals surface area contributed by atoms with Gasteiger partial charge in [0.05, 0.1) is 25.7 Å². The van der Waals surface area contributed by atoms with E-state index >= 15 is 0 Å². The van der Waals surface area contributed by atoms with Gasteiger partial charge >= 0.3 is 6.09 Å². The summed E-state index contributed by atoms with van der Waals surface area (Å²) in [4.78, 5) is 107. The summed E-state index contributed by atoms with van der Waals surface area (Å²) in [6.07, 6.45) is 3.51. The quantitative estimate of drug-likeness (QED) is 0.183. The Morgan fingerprint density at radius 3 is 2.22 bits per heavy atom. The first-order chi connectivity index (χ1) is 24.2. The molecule has 15 nitrogen and oxygen atoms in total. The predicted molar refractivity (Wildman–Crippen MR) is 186 cm³/mol. The summed E-state index contributed by atoms with van der Waals surface area (Å²) in [5, 5.41) is 10.1. The van der Waals surface area contributed by atoms with Crippen LogP contribution in [0.4, 0.5) is 4.79 Å². The van der Waals surface area contributed by atoms with E-state index in [0.717, 1.165) is 24.2 Å². The van der Waals surface area contributed by atoms with Crippen LogP contribution in [-0.4, -0.2) is 109 Å². The van der Waals surface area contributed by atoms with Gasteiger partial charge in [-0.05, 0) is 36.7 Å². The molecule has 1 aromatic carbocycles. The Kier molecular flexibility index (Phi) is 15.6. The molecule has 1 heterocycles. The first-order valence-electron chi connectivity index (χ1n) is 17.7. The van der Waals surface area contributed by atoms with Crippen molar-refractivity contribution >= 4 is 47.2 Å². The van der Waals surface area contributed by atoms with E-state index in [9.17, 15) is 38.4 Å². The van der Waals surface area contributed by atoms with Gasteiger partial charge < -0.3 is 35.8 Å². The Labute approximate surface area is 298 Å². The molecule has 6 amide bonds. The summed E-state index contributed by atoms with van der Waals surface area (Å²) < 4.78 is 5.27. The number of hydrogen-bond donors (Lipinski definition) is 4. The average molecular weight is 713 g/mol. The van der Waals surface area contributed by atoms with E-state index in [1.54, 1.807) is 51.4 Å². The van der Waals surface area contributed by atoms with Crippen molar-refractivity contribution in [2.45, 2.75) is 96.3 Å². The number of rotatable bonds is 16. The van der Waals surface area contributed by atoms with Crippen molar-refractivity contribution in [2.24, 2.45) is 11.8 Å². The van der Waals surface area contributed by atoms with E-state index in [1.165, 1.54) is 4.90 Å². The molecule has 0 radical (unpaired) electrons. The van der Waals surface area contributed by atoms with Crippen molar-refractivity contribution < 1.29 is 43.1 Å². The Hall–Kier alpha value is -4.82. The molecule has 280 valence electrons. The average Bonchev–Trinajstić information content (AvgIpc) is 3.52. The summed E-state index contributed by atoms with van der Waals surface area (Å²) in [5.74, 6) is -5.13. The summed E-state index contributed by atoms with van der Waals surface area (Å²) in [7, 11) is 3.08. The zero-order valence-corrected chi connectivity index (χ0v) is 30.2. The lowest BCUT2D eigenvalue weighted by Crippen LogP contribution is -2.58. The fraction of sp³-hybridized carbons (Fsp3) is 0.611. The zero-order valence-electron chi connectivity index (χ0n) is 30.2. The molecule has 0 aromatic heterocycles. The van der Waals surface area contributed by atoms with Gasteiger partial charge in [-0.1, -0.05) is 76.8 Å². The van der Waals surface area contributed by atoms with Crippen molar-refractivity contribution in [1.82, 2.24) is 31.1 Å². The van der Waals surface area contributed by atoms with Gasteiger partial charge in [-0.15, -0.1) is 0 Å². The second-order valence-corrected chi connectivity index (χ2v) is 13.8. The molecule has 1 aliphatic heterocycles. The van der Waals surface area contributed by atoms with Gasteiger partial charge in [0.15, 0.2) is 5.78 Å². The van der Waals surface area contributed by atoms with E-state index in [2.05, 4.69) is 21.3 Å². The second kappa shape index (κ2) is 19.5. The number of carbonyl (C=O) groups excluding carboxylic acids is 8. The maximum Gasteiger partial charge on any atom is 0.407 e. The maximum atomic E-state index is 14.0. The number of likely N-dealkylation sites (tertiary alicyclic amines) is 1. The Balaban J connectivity index is 1.68. The van der Waals surface area contributed by atoms with Crippen LogP contribution in [0.25, 0.3) is 0 Å². The highest BCUT2D eigenvalue weighted by Gasteiger charge is 2.44. The Morgan fingerprint density at radius 1 is 0.941 bits per heavy atom. The fourth-order valence-corrected chi connectivity index (χ4v) is 6.23. The van der Waals surface area contributed by atoms with Crippen LogP contribution in [0.1, 0.15) is 83.7 Å². The summed E-state index contributed by atoms with van der Waals surface area (Å²) in [6, 6.07) is 3.96. The molecule has 4 atom stereocenters. The molecule has 0 bridgehead atoms. The number of carbonyl (C=O) groups is 8. The van der Waals surface area contributed by atoms with Crippen LogP contribution < -0.4 is 21.3 Å². The predicted octanol–water partition coefficient (Wildman–Crippen LogP) is 1.40. The van der Waals surface area contributed by atoms with Gasteiger partial charge in [-0.2, -0.15) is 0 Å². The minimum atomic E-state index is -1.30. The number of nitrogens with zero attached hydrogens (tertiary/aromatic N) is 2. The number of likely N-dealkylation sites (N-methyl/N-ethyl adjacent to an activating group) is 1. The van der Waals surface area contributed by atoms with Gasteiger partial charge in [0.1, 0.15) is 18.1 Å². The molecule has 1 aromatic rings. The summed E-state index contributed by atoms with van der Waals surface area (Å²) in [5.41, 5.74) is 0.530. The topological polar surface area (TPSA) is 200 Å². The van der Waals surface area contributed by atoms with Gasteiger partial charge in [-0.25, -0.2) is 4.79 Å². The molecule has 1 saturated heterocycles. The van der Waals surface area contributed by atoms with Crippen LogP contribution in [0.2, 0.25) is 0 Å². The highest BCUT2D eigenvalue weighted by atomic mass is 16.5. The van der Waals surface area contributed by atoms with E-state index in [1.807, 2.05) is 13.8 Å². The van der Waals surface area contributed by atoms with Crippen LogP contribution >= 0.6 is 0 Å². The molecule has 51 heavy (non-hydrogen) atoms. The minimum absolute atomic E-state index is 0.0696. The SMILES string of the molecule is CCCC(NC(=O)[C@@H]1CC(=O)CN1C(=O)C(NC(=O)OCC(C)C)C1CCCCC1)C(=O)C(=O)NCC(=O)NC(C(=O)N(C)C)c1ccccc1. The van der Waals surface area contributed by atoms with Crippen molar-refractivity contribution in [3.63, 3.8) is 0 Å². The van der Waals surface area contributed by atoms with Gasteiger partial charge in [0.2, 0.25) is 29.4 Å². The van der Waals surface area contributed by atoms with Crippen LogP contribution in [-0.2, 0) is 38.3 Å². The van der Waals surface area contributed by atoms with E-state index in [4.69, 9.17) is 4.74 Å². The number of amides is 6. The fourth-order valence-electron chi connectivity index (χ4n) is 6.23. The molecular weight excluding hydrogens is 660 g/mol. The molecule has 15 heteroatoms. The first kappa shape index (κ1) is 40.6. The number of ketones is 2. The van der Waals surface area contributed by atoms with E-state index < -0.39 is 72.1 Å². The lowest BCUT2D eigenvalue weighted by atomic mass is 9.83. The van der Waals surface area contributed by atoms with Crippen molar-refractivity contribution in [3.8, 4) is 0 Å². The molecule has 3 rings (SSSR count). The third kappa shape index (κ3) is 11.9. The second-order valence-electron chi connectivity index (χ2n) is 13.8. The number of hydrogen-bond acceptors (Lipinski definition) is 9. The Bertz CT molecular complexity index is 1430. The van der Waals surface area contributed by atoms with E-state index in [0.29, 0.717) is 24.8 Å². The number of alkyl carbamates (subject to hydrolysis) is 1. The third-order valence-corrected chi connectivity index (χ3v) is 8.91. The molecule has 4 N–H and O–H groups in total. The van der Waals surface area contributed by atoms with Crippen molar-refractivity contribution in [3.05, 3.63) is 35.9 Å². The van der Waals surface area contributed by atoms with E-state index in [-0.39, 0.29) is 43.6 Å². The lowest BCUT2D eigenvalue weighted by Gasteiger charge is -2.34. The standard InChI is InChI=1S/C36H52N6O9/c1-6-13-26(31(45)33(47)37-19-28(44)39-29(34(48)41(4)5)23-14-9-7-10-15-23)38-32(46)27-18-25(43)20-42(27)35(49)30(24-16-11-8-12-17-24)40-36(50)51-21-22(2)3/h7,9-10,14-15,22,24,26-27,29-30H,6,8,11-13,16-21H2,1-5H3,(H,37,47)(H,38,46)(H,39,44)(H,40,50)/t26?,27-,29?,30?/m0/s1. The molecule has 2 fully saturated rings. The highest BCUT2D eigenvalue weighted by molar-refractivity contribution is 6.38. The van der Waals surface area contributed by atoms with Crippen molar-refractivity contribution in [1.29, 1.82) is 0 Å². The van der Waals surface area contributed by atoms with Crippen LogP contribution in [0.3, 0.4) is 0 Å². The number of Topliss-reactive ketones (excluding diaryl/α,β-unsaturated/α-hetero) is 2. The maximum absolute atomic E-state index is 14.0. The normalized spacial score (nSPS) is 17.9. The summed E-state index contributed by atoms with van der Waals surface area (Å²) in [6.45, 7) is 4.70. The smallest absolute Gasteiger partial charge is 0.407 e. The van der Waals surface area contributed by atoms with Gasteiger partial charge in [0, 0.05) is 20.5 Å². The Morgan fingerprint density at radius 2 is 1.61 bits per heavy atom. The largest absolute Gasteiger partial charge is 0.449 e. The first-order valence-corrected chi connectivity index (χ1v) is 17.7. The van der Waals surface area contributed by atoms with Crippen molar-refractivity contribution in [2.75, 3.05) is 33.8 Å². The monoisotopic (exact) mass is 712 g/mol. The van der Waals surface area contributed by atoms with Crippen LogP contribution in [0, 0.1) is 11.8 Å². The van der Waals surface area contributed by atoms with Crippen LogP contribution in [0.15, 0.2) is 30.3 Å². The number of nitrogens with one attached hydrogen (secondary N) is 4. The van der Waals surface area contributed by atoms with Gasteiger partial charge in [0.25, 0.3) is 5.91 Å². The van der Waals surface area contributed by atoms with Crippen LogP contribution in [0.5, 0.6) is 0 Å². The zero-order chi connectivity index (χ0) is 37.7. The lowest BCUT2D eigenvalue weighted by molar-refractivity contribution is -0.143. The highest BCUT2D eigenvalue weighted by Crippen LogP contribution is 2.29. The minimum Gasteiger partial charge on any atom is -0.449 e. The molecule has 1 saturated carbocycles. The van der Waals surface area contributed by atoms with Gasteiger partial charge in [-0.3, -0.25) is 33.6 Å². The molecule has 3 unspecified atom stereocenters. The molecule has 0 spiro atoms. The number of ether oxygens (including phenoxy) is 1. The molecular formula is C36H52N6O9. The third-order valence-electron chi connectivity index (χ3n) is 8.91. The number of benzene rings is 1. The summed E-state index contributed by atoms with van der Waals surface area (Å²) >= 11 is 0. The molecule has 2 aliphatic rings.